The first-order valence-electron chi connectivity index (χ1n) is 8.28. The lowest BCUT2D eigenvalue weighted by molar-refractivity contribution is 0.423. The molecule has 0 aliphatic carbocycles. The summed E-state index contributed by atoms with van der Waals surface area (Å²) >= 11 is 3.48. The minimum Gasteiger partial charge on any atom is -0.507 e. The fourth-order valence-corrected chi connectivity index (χ4v) is 3.03. The Morgan fingerprint density at radius 2 is 1.21 bits per heavy atom. The Hall–Kier alpha value is -1.48. The van der Waals surface area contributed by atoms with Gasteiger partial charge in [-0.25, -0.2) is 0 Å². The van der Waals surface area contributed by atoms with E-state index in [4.69, 9.17) is 0 Å². The molecule has 0 aromatic heterocycles. The van der Waals surface area contributed by atoms with Crippen molar-refractivity contribution in [2.75, 3.05) is 11.9 Å². The molecule has 0 spiro atoms. The van der Waals surface area contributed by atoms with Gasteiger partial charge >= 0.3 is 0 Å². The third-order valence-electron chi connectivity index (χ3n) is 4.31. The first kappa shape index (κ1) is 18.9. The van der Waals surface area contributed by atoms with Crippen LogP contribution < -0.4 is 4.90 Å². The number of nitrogens with zero attached hydrogens (tertiary/aromatic N) is 1. The Morgan fingerprint density at radius 1 is 0.792 bits per heavy atom. The second kappa shape index (κ2) is 6.44. The highest BCUT2D eigenvalue weighted by atomic mass is 79.9. The zero-order valence-electron chi connectivity index (χ0n) is 15.7. The second-order valence-electron chi connectivity index (χ2n) is 8.42. The Kier molecular flexibility index (Phi) is 5.06. The summed E-state index contributed by atoms with van der Waals surface area (Å²) in [6.45, 7) is 12.8. The number of benzene rings is 2. The summed E-state index contributed by atoms with van der Waals surface area (Å²) in [4.78, 5) is 2.16. The molecule has 0 fully saturated rings. The molecule has 2 aromatic carbocycles. The zero-order chi connectivity index (χ0) is 18.3. The van der Waals surface area contributed by atoms with Crippen molar-refractivity contribution in [3.63, 3.8) is 0 Å². The molecule has 0 aliphatic rings. The van der Waals surface area contributed by atoms with Crippen LogP contribution in [0.3, 0.4) is 0 Å². The molecule has 1 N–H and O–H groups in total. The first-order valence-corrected chi connectivity index (χ1v) is 9.08. The van der Waals surface area contributed by atoms with Crippen molar-refractivity contribution in [3.05, 3.63) is 52.0 Å². The third kappa shape index (κ3) is 3.94. The van der Waals surface area contributed by atoms with Gasteiger partial charge < -0.3 is 10.0 Å². The van der Waals surface area contributed by atoms with E-state index in [9.17, 15) is 5.11 Å². The largest absolute Gasteiger partial charge is 0.507 e. The van der Waals surface area contributed by atoms with E-state index in [1.165, 1.54) is 0 Å². The summed E-state index contributed by atoms with van der Waals surface area (Å²) in [5, 5.41) is 10.8. The number of phenolic OH excluding ortho intramolecular Hbond substituents is 1. The molecule has 2 rings (SSSR count). The van der Waals surface area contributed by atoms with E-state index in [-0.39, 0.29) is 10.8 Å². The number of anilines is 2. The van der Waals surface area contributed by atoms with E-state index < -0.39 is 0 Å². The minimum absolute atomic E-state index is 0.124. The molecular weight excluding hydrogens is 362 g/mol. The van der Waals surface area contributed by atoms with Gasteiger partial charge in [-0.3, -0.25) is 0 Å². The number of halogens is 1. The molecule has 0 saturated heterocycles. The molecule has 130 valence electrons. The number of rotatable bonds is 2. The predicted molar refractivity (Wildman–Crippen MR) is 108 cm³/mol. The van der Waals surface area contributed by atoms with Crippen molar-refractivity contribution in [2.45, 2.75) is 52.4 Å². The molecule has 0 atom stereocenters. The van der Waals surface area contributed by atoms with Crippen LogP contribution in [0, 0.1) is 0 Å². The van der Waals surface area contributed by atoms with Crippen molar-refractivity contribution >= 4 is 27.3 Å². The average molecular weight is 390 g/mol. The van der Waals surface area contributed by atoms with Crippen molar-refractivity contribution in [1.82, 2.24) is 0 Å². The Bertz CT molecular complexity index is 686. The van der Waals surface area contributed by atoms with E-state index in [1.807, 2.05) is 12.1 Å². The van der Waals surface area contributed by atoms with Gasteiger partial charge in [0.2, 0.25) is 0 Å². The summed E-state index contributed by atoms with van der Waals surface area (Å²) in [5.41, 5.74) is 3.91. The van der Waals surface area contributed by atoms with Gasteiger partial charge in [0.05, 0.1) is 0 Å². The molecule has 0 saturated carbocycles. The lowest BCUT2D eigenvalue weighted by atomic mass is 9.79. The van der Waals surface area contributed by atoms with E-state index in [1.54, 1.807) is 0 Å². The van der Waals surface area contributed by atoms with Gasteiger partial charge in [-0.1, -0.05) is 57.5 Å². The highest BCUT2D eigenvalue weighted by Gasteiger charge is 2.27. The first-order chi connectivity index (χ1) is 10.9. The molecule has 0 unspecified atom stereocenters. The van der Waals surface area contributed by atoms with Gasteiger partial charge in [-0.05, 0) is 47.2 Å². The Morgan fingerprint density at radius 3 is 1.58 bits per heavy atom. The van der Waals surface area contributed by atoms with Gasteiger partial charge in [0.25, 0.3) is 0 Å². The lowest BCUT2D eigenvalue weighted by Crippen LogP contribution is -2.19. The van der Waals surface area contributed by atoms with Crippen LogP contribution in [-0.2, 0) is 10.8 Å². The number of aromatic hydroxyl groups is 1. The van der Waals surface area contributed by atoms with Gasteiger partial charge in [0, 0.05) is 34.0 Å². The lowest BCUT2D eigenvalue weighted by Gasteiger charge is -2.30. The molecule has 24 heavy (non-hydrogen) atoms. The van der Waals surface area contributed by atoms with Crippen LogP contribution in [0.15, 0.2) is 40.9 Å². The fourth-order valence-electron chi connectivity index (χ4n) is 2.77. The normalized spacial score (nSPS) is 12.3. The number of hydrogen-bond donors (Lipinski definition) is 1. The fraction of sp³-hybridized carbons (Fsp3) is 0.429. The van der Waals surface area contributed by atoms with E-state index in [2.05, 4.69) is 93.7 Å². The molecule has 0 aliphatic heterocycles. The number of phenols is 1. The minimum atomic E-state index is -0.124. The Balaban J connectivity index is 2.63. The molecule has 2 aromatic rings. The van der Waals surface area contributed by atoms with Gasteiger partial charge in [0.1, 0.15) is 5.75 Å². The second-order valence-corrected chi connectivity index (χ2v) is 9.34. The van der Waals surface area contributed by atoms with Crippen LogP contribution in [0.2, 0.25) is 0 Å². The van der Waals surface area contributed by atoms with Crippen molar-refractivity contribution in [3.8, 4) is 5.75 Å². The topological polar surface area (TPSA) is 23.5 Å². The summed E-state index contributed by atoms with van der Waals surface area (Å²) < 4.78 is 1.07. The summed E-state index contributed by atoms with van der Waals surface area (Å²) in [6, 6.07) is 12.5. The molecule has 2 nitrogen and oxygen atoms in total. The van der Waals surface area contributed by atoms with Gasteiger partial charge in [-0.15, -0.1) is 0 Å². The van der Waals surface area contributed by atoms with Crippen LogP contribution in [0.5, 0.6) is 5.75 Å². The van der Waals surface area contributed by atoms with Crippen LogP contribution >= 0.6 is 15.9 Å². The molecule has 3 heteroatoms. The van der Waals surface area contributed by atoms with Crippen LogP contribution in [-0.4, -0.2) is 12.2 Å². The van der Waals surface area contributed by atoms with E-state index >= 15 is 0 Å². The zero-order valence-corrected chi connectivity index (χ0v) is 17.3. The van der Waals surface area contributed by atoms with E-state index in [0.717, 1.165) is 27.0 Å². The highest BCUT2D eigenvalue weighted by Crippen LogP contribution is 2.42. The Labute approximate surface area is 154 Å². The SMILES string of the molecule is CN(c1ccc(Br)cc1)c1cc(C(C)(C)C)c(O)c(C(C)(C)C)c1. The smallest absolute Gasteiger partial charge is 0.123 e. The highest BCUT2D eigenvalue weighted by molar-refractivity contribution is 9.10. The summed E-state index contributed by atoms with van der Waals surface area (Å²) in [6.07, 6.45) is 0. The van der Waals surface area contributed by atoms with Crippen molar-refractivity contribution < 1.29 is 5.11 Å². The number of hydrogen-bond acceptors (Lipinski definition) is 2. The molecule has 0 amide bonds. The van der Waals surface area contributed by atoms with Crippen LogP contribution in [0.25, 0.3) is 0 Å². The van der Waals surface area contributed by atoms with Gasteiger partial charge in [-0.2, -0.15) is 0 Å². The third-order valence-corrected chi connectivity index (χ3v) is 4.84. The summed E-state index contributed by atoms with van der Waals surface area (Å²) in [5.74, 6) is 0.419. The van der Waals surface area contributed by atoms with Crippen LogP contribution in [0.4, 0.5) is 11.4 Å². The summed E-state index contributed by atoms with van der Waals surface area (Å²) in [7, 11) is 2.06. The van der Waals surface area contributed by atoms with Crippen molar-refractivity contribution in [1.29, 1.82) is 0 Å². The molecule has 0 radical (unpaired) electrons. The standard InChI is InChI=1S/C21H28BrNO/c1-20(2,3)17-12-16(13-18(19(17)24)21(4,5)6)23(7)15-10-8-14(22)9-11-15/h8-13,24H,1-7H3. The maximum Gasteiger partial charge on any atom is 0.123 e. The monoisotopic (exact) mass is 389 g/mol. The predicted octanol–water partition coefficient (Wildman–Crippen LogP) is 6.52. The van der Waals surface area contributed by atoms with Crippen molar-refractivity contribution in [2.24, 2.45) is 0 Å². The molecular formula is C21H28BrNO. The van der Waals surface area contributed by atoms with E-state index in [0.29, 0.717) is 5.75 Å². The molecule has 0 bridgehead atoms. The van der Waals surface area contributed by atoms with Gasteiger partial charge in [0.15, 0.2) is 0 Å². The average Bonchev–Trinajstić information content (AvgIpc) is 2.45. The maximum absolute atomic E-state index is 10.8. The van der Waals surface area contributed by atoms with Crippen LogP contribution in [0.1, 0.15) is 52.7 Å². The maximum atomic E-state index is 10.8. The quantitative estimate of drug-likeness (QED) is 0.631. The molecule has 0 heterocycles.